The predicted molar refractivity (Wildman–Crippen MR) is 56.9 cm³/mol. The summed E-state index contributed by atoms with van der Waals surface area (Å²) in [4.78, 5) is 13.4. The summed E-state index contributed by atoms with van der Waals surface area (Å²) in [6.45, 7) is 0. The second-order valence-electron chi connectivity index (χ2n) is 3.66. The molecule has 4 nitrogen and oxygen atoms in total. The van der Waals surface area contributed by atoms with Gasteiger partial charge >= 0.3 is 6.18 Å². The summed E-state index contributed by atoms with van der Waals surface area (Å²) in [5, 5.41) is 7.08. The third-order valence-electron chi connectivity index (χ3n) is 2.25. The molecule has 0 radical (unpaired) electrons. The number of alkyl halides is 3. The number of H-pyrrole nitrogens is 1. The van der Waals surface area contributed by atoms with Crippen LogP contribution in [0.4, 0.5) is 13.2 Å². The molecule has 18 heavy (non-hydrogen) atoms. The molecule has 0 spiro atoms. The van der Waals surface area contributed by atoms with E-state index in [1.807, 2.05) is 0 Å². The van der Waals surface area contributed by atoms with E-state index in [1.165, 1.54) is 12.1 Å². The Morgan fingerprint density at radius 3 is 2.72 bits per heavy atom. The standard InChI is InChI=1S/C11H8F3N3O/c12-11(13,14)8-3-1-2-7(4-8)5-9-16-10(18)6-15-17-9/h1-4,6H,5H2,(H,16,17,18). The van der Waals surface area contributed by atoms with Crippen molar-refractivity contribution in [1.82, 2.24) is 15.2 Å². The zero-order chi connectivity index (χ0) is 13.2. The normalized spacial score (nSPS) is 11.5. The number of rotatable bonds is 2. The van der Waals surface area contributed by atoms with Gasteiger partial charge in [0.1, 0.15) is 12.0 Å². The number of benzene rings is 1. The van der Waals surface area contributed by atoms with Crippen LogP contribution in [-0.4, -0.2) is 15.2 Å². The Morgan fingerprint density at radius 1 is 1.28 bits per heavy atom. The maximum atomic E-state index is 12.5. The van der Waals surface area contributed by atoms with E-state index < -0.39 is 17.3 Å². The molecule has 0 aliphatic rings. The highest BCUT2D eigenvalue weighted by Crippen LogP contribution is 2.29. The van der Waals surface area contributed by atoms with Crippen LogP contribution in [-0.2, 0) is 12.6 Å². The van der Waals surface area contributed by atoms with Crippen molar-refractivity contribution in [2.45, 2.75) is 12.6 Å². The number of halogens is 3. The fraction of sp³-hybridized carbons (Fsp3) is 0.182. The second kappa shape index (κ2) is 4.59. The van der Waals surface area contributed by atoms with E-state index in [2.05, 4.69) is 15.2 Å². The van der Waals surface area contributed by atoms with Crippen LogP contribution in [0.25, 0.3) is 0 Å². The fourth-order valence-electron chi connectivity index (χ4n) is 1.48. The van der Waals surface area contributed by atoms with Gasteiger partial charge in [0, 0.05) is 6.42 Å². The molecular weight excluding hydrogens is 247 g/mol. The van der Waals surface area contributed by atoms with Gasteiger partial charge in [-0.3, -0.25) is 4.79 Å². The summed E-state index contributed by atoms with van der Waals surface area (Å²) in [5.74, 6) is 0.224. The zero-order valence-corrected chi connectivity index (χ0v) is 9.03. The van der Waals surface area contributed by atoms with Crippen LogP contribution in [0, 0.1) is 0 Å². The zero-order valence-electron chi connectivity index (χ0n) is 9.03. The van der Waals surface area contributed by atoms with E-state index in [9.17, 15) is 18.0 Å². The number of aromatic nitrogens is 3. The molecule has 0 aliphatic carbocycles. The molecule has 1 N–H and O–H groups in total. The van der Waals surface area contributed by atoms with E-state index >= 15 is 0 Å². The third-order valence-corrected chi connectivity index (χ3v) is 2.25. The molecule has 0 aliphatic heterocycles. The molecule has 0 saturated carbocycles. The Morgan fingerprint density at radius 2 is 2.06 bits per heavy atom. The Hall–Kier alpha value is -2.18. The second-order valence-corrected chi connectivity index (χ2v) is 3.66. The molecule has 0 unspecified atom stereocenters. The van der Waals surface area contributed by atoms with Crippen LogP contribution in [0.5, 0.6) is 0 Å². The lowest BCUT2D eigenvalue weighted by atomic mass is 10.1. The van der Waals surface area contributed by atoms with E-state index in [1.54, 1.807) is 0 Å². The van der Waals surface area contributed by atoms with E-state index in [4.69, 9.17) is 0 Å². The number of hydrogen-bond donors (Lipinski definition) is 1. The minimum Gasteiger partial charge on any atom is -0.307 e. The largest absolute Gasteiger partial charge is 0.416 e. The van der Waals surface area contributed by atoms with Gasteiger partial charge in [0.15, 0.2) is 0 Å². The average molecular weight is 255 g/mol. The average Bonchev–Trinajstić information content (AvgIpc) is 2.28. The number of hydrogen-bond acceptors (Lipinski definition) is 3. The third kappa shape index (κ3) is 2.93. The summed E-state index contributed by atoms with van der Waals surface area (Å²) in [6, 6.07) is 4.85. The van der Waals surface area contributed by atoms with Gasteiger partial charge in [0.05, 0.1) is 5.56 Å². The SMILES string of the molecule is O=c1cnnc(Cc2cccc(C(F)(F)F)c2)[nH]1. The summed E-state index contributed by atoms with van der Waals surface area (Å²) in [6.07, 6.45) is -3.30. The first-order valence-electron chi connectivity index (χ1n) is 5.02. The van der Waals surface area contributed by atoms with E-state index in [-0.39, 0.29) is 12.2 Å². The maximum absolute atomic E-state index is 12.5. The van der Waals surface area contributed by atoms with Crippen LogP contribution < -0.4 is 5.56 Å². The quantitative estimate of drug-likeness (QED) is 0.889. The first-order chi connectivity index (χ1) is 8.45. The van der Waals surface area contributed by atoms with Crippen molar-refractivity contribution >= 4 is 0 Å². The van der Waals surface area contributed by atoms with Crippen molar-refractivity contribution in [3.8, 4) is 0 Å². The van der Waals surface area contributed by atoms with Gasteiger partial charge in [-0.05, 0) is 11.6 Å². The van der Waals surface area contributed by atoms with Gasteiger partial charge in [0.25, 0.3) is 5.56 Å². The van der Waals surface area contributed by atoms with E-state index in [0.29, 0.717) is 5.56 Å². The minimum atomic E-state index is -4.38. The lowest BCUT2D eigenvalue weighted by Crippen LogP contribution is -2.12. The minimum absolute atomic E-state index is 0.0903. The molecule has 1 aromatic heterocycles. The summed E-state index contributed by atoms with van der Waals surface area (Å²) in [7, 11) is 0. The molecule has 7 heteroatoms. The molecule has 2 aromatic rings. The van der Waals surface area contributed by atoms with Gasteiger partial charge < -0.3 is 4.98 Å². The highest BCUT2D eigenvalue weighted by molar-refractivity contribution is 5.27. The number of nitrogens with one attached hydrogen (secondary N) is 1. The van der Waals surface area contributed by atoms with Crippen molar-refractivity contribution in [2.75, 3.05) is 0 Å². The molecule has 0 fully saturated rings. The Balaban J connectivity index is 2.27. The molecule has 2 rings (SSSR count). The Kier molecular flexibility index (Phi) is 3.14. The van der Waals surface area contributed by atoms with Gasteiger partial charge in [-0.1, -0.05) is 18.2 Å². The fourth-order valence-corrected chi connectivity index (χ4v) is 1.48. The van der Waals surface area contributed by atoms with Crippen LogP contribution >= 0.6 is 0 Å². The monoisotopic (exact) mass is 255 g/mol. The van der Waals surface area contributed by atoms with Crippen LogP contribution in [0.2, 0.25) is 0 Å². The predicted octanol–water partition coefficient (Wildman–Crippen LogP) is 1.77. The van der Waals surface area contributed by atoms with Gasteiger partial charge in [-0.15, -0.1) is 5.10 Å². The molecule has 0 saturated heterocycles. The van der Waals surface area contributed by atoms with Crippen molar-refractivity contribution in [3.05, 3.63) is 57.8 Å². The molecular formula is C11H8F3N3O. The van der Waals surface area contributed by atoms with Crippen molar-refractivity contribution < 1.29 is 13.2 Å². The molecule has 1 heterocycles. The molecule has 0 atom stereocenters. The van der Waals surface area contributed by atoms with Gasteiger partial charge in [0.2, 0.25) is 0 Å². The number of aromatic amines is 1. The molecule has 1 aromatic carbocycles. The maximum Gasteiger partial charge on any atom is 0.416 e. The lowest BCUT2D eigenvalue weighted by Gasteiger charge is -2.08. The molecule has 94 valence electrons. The first kappa shape index (κ1) is 12.3. The molecule has 0 bridgehead atoms. The Labute approximate surface area is 99.5 Å². The van der Waals surface area contributed by atoms with Gasteiger partial charge in [-0.25, -0.2) is 0 Å². The topological polar surface area (TPSA) is 58.6 Å². The van der Waals surface area contributed by atoms with Crippen molar-refractivity contribution in [2.24, 2.45) is 0 Å². The van der Waals surface area contributed by atoms with Gasteiger partial charge in [-0.2, -0.15) is 18.3 Å². The summed E-state index contributed by atoms with van der Waals surface area (Å²) in [5.41, 5.74) is -0.765. The highest BCUT2D eigenvalue weighted by Gasteiger charge is 2.30. The highest BCUT2D eigenvalue weighted by atomic mass is 19.4. The van der Waals surface area contributed by atoms with Crippen molar-refractivity contribution in [1.29, 1.82) is 0 Å². The number of nitrogens with zero attached hydrogens (tertiary/aromatic N) is 2. The Bertz CT molecular complexity index is 607. The van der Waals surface area contributed by atoms with Crippen LogP contribution in [0.3, 0.4) is 0 Å². The van der Waals surface area contributed by atoms with Crippen molar-refractivity contribution in [3.63, 3.8) is 0 Å². The summed E-state index contributed by atoms with van der Waals surface area (Å²) < 4.78 is 37.5. The van der Waals surface area contributed by atoms with Crippen LogP contribution in [0.15, 0.2) is 35.3 Å². The first-order valence-corrected chi connectivity index (χ1v) is 5.02. The smallest absolute Gasteiger partial charge is 0.307 e. The lowest BCUT2D eigenvalue weighted by molar-refractivity contribution is -0.137. The van der Waals surface area contributed by atoms with Crippen LogP contribution in [0.1, 0.15) is 17.0 Å². The molecule has 0 amide bonds. The van der Waals surface area contributed by atoms with E-state index in [0.717, 1.165) is 18.3 Å². The summed E-state index contributed by atoms with van der Waals surface area (Å²) >= 11 is 0.